The van der Waals surface area contributed by atoms with Gasteiger partial charge in [-0.3, -0.25) is 19.7 Å². The van der Waals surface area contributed by atoms with Crippen molar-refractivity contribution in [1.29, 1.82) is 0 Å². The molecule has 0 aliphatic heterocycles. The molecule has 5 aliphatic carbocycles. The van der Waals surface area contributed by atoms with Gasteiger partial charge in [0.15, 0.2) is 5.78 Å². The molecule has 9 atom stereocenters. The van der Waals surface area contributed by atoms with E-state index < -0.39 is 23.0 Å². The number of aliphatic hydroxyl groups is 1. The van der Waals surface area contributed by atoms with Gasteiger partial charge >= 0.3 is 5.97 Å². The van der Waals surface area contributed by atoms with E-state index in [9.17, 15) is 24.8 Å². The summed E-state index contributed by atoms with van der Waals surface area (Å²) in [7, 11) is 0. The number of nitrogens with zero attached hydrogens (tertiary/aromatic N) is 1. The van der Waals surface area contributed by atoms with Crippen molar-refractivity contribution in [3.63, 3.8) is 0 Å². The van der Waals surface area contributed by atoms with Crippen LogP contribution in [0.25, 0.3) is 0 Å². The lowest BCUT2D eigenvalue weighted by Gasteiger charge is -2.72. The molecule has 0 aromatic heterocycles. The number of ether oxygens (including phenoxy) is 1. The number of allylic oxidation sites excluding steroid dienone is 1. The first-order valence-electron chi connectivity index (χ1n) is 15.7. The number of Topliss-reactive ketones (excluding diaryl/α,β-unsaturated/α-hetero) is 1. The third kappa shape index (κ3) is 3.84. The molecular formula is C33H51NO6. The summed E-state index contributed by atoms with van der Waals surface area (Å²) in [6.45, 7) is 17.2. The summed E-state index contributed by atoms with van der Waals surface area (Å²) in [5.41, 5.74) is 1.15. The number of nitro groups is 1. The summed E-state index contributed by atoms with van der Waals surface area (Å²) in [4.78, 5) is 36.6. The van der Waals surface area contributed by atoms with E-state index in [1.807, 2.05) is 0 Å². The molecule has 5 aliphatic rings. The second-order valence-electron chi connectivity index (χ2n) is 15.8. The number of ketones is 1. The molecule has 4 saturated carbocycles. The molecule has 0 aromatic rings. The lowest BCUT2D eigenvalue weighted by atomic mass is 9.33. The van der Waals surface area contributed by atoms with Gasteiger partial charge in [0.25, 0.3) is 0 Å². The Balaban J connectivity index is 1.56. The van der Waals surface area contributed by atoms with Gasteiger partial charge in [-0.15, -0.1) is 0 Å². The molecule has 0 aromatic carbocycles. The number of esters is 1. The first-order chi connectivity index (χ1) is 18.5. The lowest BCUT2D eigenvalue weighted by Crippen LogP contribution is -2.66. The zero-order valence-electron chi connectivity index (χ0n) is 26.0. The largest absolute Gasteiger partial charge is 0.462 e. The van der Waals surface area contributed by atoms with Crippen molar-refractivity contribution in [3.05, 3.63) is 21.3 Å². The zero-order chi connectivity index (χ0) is 29.6. The summed E-state index contributed by atoms with van der Waals surface area (Å²) in [5.74, 6) is 1.04. The number of carbonyl (C=O) groups excluding carboxylic acids is 2. The molecule has 5 rings (SSSR count). The number of hydrogen-bond acceptors (Lipinski definition) is 6. The van der Waals surface area contributed by atoms with Crippen LogP contribution in [0.4, 0.5) is 0 Å². The molecule has 0 saturated heterocycles. The zero-order valence-corrected chi connectivity index (χ0v) is 26.0. The maximum atomic E-state index is 13.6. The summed E-state index contributed by atoms with van der Waals surface area (Å²) in [6.07, 6.45) is 6.65. The van der Waals surface area contributed by atoms with Crippen LogP contribution >= 0.6 is 0 Å². The number of carbonyl (C=O) groups is 2. The van der Waals surface area contributed by atoms with Gasteiger partial charge in [-0.1, -0.05) is 54.0 Å². The molecule has 4 fully saturated rings. The minimum absolute atomic E-state index is 0.0330. The number of fused-ring (bicyclic) bond motifs is 7. The number of aliphatic hydroxyl groups excluding tert-OH is 1. The highest BCUT2D eigenvalue weighted by molar-refractivity contribution is 6.00. The molecule has 1 N–H and O–H groups in total. The maximum Gasteiger partial charge on any atom is 0.302 e. The molecule has 7 heteroatoms. The van der Waals surface area contributed by atoms with E-state index >= 15 is 0 Å². The van der Waals surface area contributed by atoms with Gasteiger partial charge in [0.1, 0.15) is 12.2 Å². The fourth-order valence-electron chi connectivity index (χ4n) is 11.8. The van der Waals surface area contributed by atoms with Gasteiger partial charge in [-0.25, -0.2) is 0 Å². The highest BCUT2D eigenvalue weighted by Gasteiger charge is 2.71. The van der Waals surface area contributed by atoms with Gasteiger partial charge < -0.3 is 9.84 Å². The Bertz CT molecular complexity index is 1140. The number of hydrogen-bond donors (Lipinski definition) is 1. The topological polar surface area (TPSA) is 107 Å². The van der Waals surface area contributed by atoms with E-state index in [2.05, 4.69) is 48.5 Å². The summed E-state index contributed by atoms with van der Waals surface area (Å²) in [6, 6.07) is 0. The van der Waals surface area contributed by atoms with Crippen molar-refractivity contribution in [1.82, 2.24) is 0 Å². The average Bonchev–Trinajstić information content (AvgIpc) is 3.14. The van der Waals surface area contributed by atoms with Crippen LogP contribution in [0.1, 0.15) is 113 Å². The molecule has 40 heavy (non-hydrogen) atoms. The SMILES string of the molecule is CC(=O)O[C@H]1CC[C@]2(C)C3CC[C@@H]4C5=C(C(C)C)C(=O)C[C@]5(C(O)C[N+](=O)[O-])CC[C@@]4(C)[C@]3(C)CC[C@H]2C1(C)C. The van der Waals surface area contributed by atoms with Gasteiger partial charge in [0.05, 0.1) is 0 Å². The summed E-state index contributed by atoms with van der Waals surface area (Å²) >= 11 is 0. The van der Waals surface area contributed by atoms with E-state index in [0.717, 1.165) is 56.1 Å². The van der Waals surface area contributed by atoms with Crippen molar-refractivity contribution in [2.45, 2.75) is 125 Å². The smallest absolute Gasteiger partial charge is 0.302 e. The van der Waals surface area contributed by atoms with Gasteiger partial charge in [-0.2, -0.15) is 0 Å². The Kier molecular flexibility index (Phi) is 6.96. The minimum Gasteiger partial charge on any atom is -0.462 e. The molecule has 0 radical (unpaired) electrons. The van der Waals surface area contributed by atoms with Crippen LogP contribution in [0.3, 0.4) is 0 Å². The van der Waals surface area contributed by atoms with Crippen molar-refractivity contribution >= 4 is 11.8 Å². The summed E-state index contributed by atoms with van der Waals surface area (Å²) in [5, 5.41) is 22.9. The fourth-order valence-corrected chi connectivity index (χ4v) is 11.8. The third-order valence-electron chi connectivity index (χ3n) is 13.7. The Morgan fingerprint density at radius 2 is 1.68 bits per heavy atom. The van der Waals surface area contributed by atoms with E-state index in [1.54, 1.807) is 0 Å². The first-order valence-corrected chi connectivity index (χ1v) is 15.7. The Morgan fingerprint density at radius 1 is 1.00 bits per heavy atom. The summed E-state index contributed by atoms with van der Waals surface area (Å²) < 4.78 is 5.87. The van der Waals surface area contributed by atoms with Crippen molar-refractivity contribution in [2.75, 3.05) is 6.54 Å². The minimum atomic E-state index is -1.14. The average molecular weight is 558 g/mol. The van der Waals surface area contributed by atoms with Crippen LogP contribution in [0, 0.1) is 60.9 Å². The maximum absolute atomic E-state index is 13.6. The lowest BCUT2D eigenvalue weighted by molar-refractivity contribution is -0.494. The molecule has 2 unspecified atom stereocenters. The van der Waals surface area contributed by atoms with Gasteiger partial charge in [0.2, 0.25) is 6.54 Å². The second kappa shape index (κ2) is 9.37. The fraction of sp³-hybridized carbons (Fsp3) is 0.879. The molecule has 0 amide bonds. The van der Waals surface area contributed by atoms with E-state index in [1.165, 1.54) is 6.92 Å². The Hall–Kier alpha value is -1.76. The van der Waals surface area contributed by atoms with E-state index in [0.29, 0.717) is 18.3 Å². The highest BCUT2D eigenvalue weighted by Crippen LogP contribution is 2.77. The van der Waals surface area contributed by atoms with Crippen LogP contribution in [-0.4, -0.2) is 40.5 Å². The molecule has 224 valence electrons. The van der Waals surface area contributed by atoms with E-state index in [4.69, 9.17) is 4.74 Å². The van der Waals surface area contributed by atoms with Crippen molar-refractivity contribution in [3.8, 4) is 0 Å². The predicted molar refractivity (Wildman–Crippen MR) is 153 cm³/mol. The Morgan fingerprint density at radius 3 is 2.27 bits per heavy atom. The van der Waals surface area contributed by atoms with Crippen molar-refractivity contribution in [2.24, 2.45) is 50.7 Å². The molecule has 0 heterocycles. The van der Waals surface area contributed by atoms with Crippen LogP contribution in [0.5, 0.6) is 0 Å². The molecule has 7 nitrogen and oxygen atoms in total. The normalized spacial score (nSPS) is 44.8. The quantitative estimate of drug-likeness (QED) is 0.234. The van der Waals surface area contributed by atoms with Crippen molar-refractivity contribution < 1.29 is 24.4 Å². The second-order valence-corrected chi connectivity index (χ2v) is 15.8. The predicted octanol–water partition coefficient (Wildman–Crippen LogP) is 6.54. The van der Waals surface area contributed by atoms with E-state index in [-0.39, 0.29) is 57.8 Å². The molecule has 0 bridgehead atoms. The van der Waals surface area contributed by atoms with Crippen LogP contribution in [0.2, 0.25) is 0 Å². The molecule has 0 spiro atoms. The molecular weight excluding hydrogens is 506 g/mol. The van der Waals surface area contributed by atoms with Crippen LogP contribution in [0.15, 0.2) is 11.1 Å². The third-order valence-corrected chi connectivity index (χ3v) is 13.7. The monoisotopic (exact) mass is 557 g/mol. The number of rotatable bonds is 5. The standard InChI is InChI=1S/C33H51NO6/c1-19(2)27-22(36)17-33(25(37)18-34(38)39)16-15-31(7)21(28(27)33)9-10-24-30(6)13-12-26(40-20(3)35)29(4,5)23(30)11-14-32(24,31)8/h19,21,23-26,37H,9-18H2,1-8H3/t21-,23+,24?,25?,26+,30+,31-,32-,33+/m1/s1. The van der Waals surface area contributed by atoms with Gasteiger partial charge in [0, 0.05) is 29.1 Å². The highest BCUT2D eigenvalue weighted by atomic mass is 16.6. The van der Waals surface area contributed by atoms with Crippen LogP contribution in [-0.2, 0) is 14.3 Å². The Labute approximate surface area is 240 Å². The van der Waals surface area contributed by atoms with Gasteiger partial charge in [-0.05, 0) is 96.9 Å². The first kappa shape index (κ1) is 29.7. The van der Waals surface area contributed by atoms with Crippen LogP contribution < -0.4 is 0 Å².